The third kappa shape index (κ3) is 6.06. The maximum Gasteiger partial charge on any atom is 0.317 e. The molecule has 0 heterocycles. The predicted molar refractivity (Wildman–Crippen MR) is 92.5 cm³/mol. The zero-order chi connectivity index (χ0) is 16.2. The van der Waals surface area contributed by atoms with Crippen LogP contribution in [0.1, 0.15) is 13.8 Å². The molecular weight excluding hydrogens is 472 g/mol. The van der Waals surface area contributed by atoms with Gasteiger partial charge in [0.2, 0.25) is 5.91 Å². The second-order valence-electron chi connectivity index (χ2n) is 4.69. The Morgan fingerprint density at radius 1 is 1.19 bits per heavy atom. The number of rotatable bonds is 6. The third-order valence-electron chi connectivity index (χ3n) is 2.69. The van der Waals surface area contributed by atoms with E-state index in [-0.39, 0.29) is 25.0 Å². The molecule has 0 atom stereocenters. The summed E-state index contributed by atoms with van der Waals surface area (Å²) in [6.45, 7) is 3.54. The number of anilines is 1. The van der Waals surface area contributed by atoms with Crippen LogP contribution in [0.25, 0.3) is 0 Å². The normalized spacial score (nSPS) is 11.0. The van der Waals surface area contributed by atoms with Crippen LogP contribution in [0.15, 0.2) is 25.6 Å². The monoisotopic (exact) mass is 484 g/mol. The number of nitrogens with one attached hydrogen (secondary N) is 1. The molecule has 1 aromatic rings. The van der Waals surface area contributed by atoms with Gasteiger partial charge in [0, 0.05) is 19.5 Å². The summed E-state index contributed by atoms with van der Waals surface area (Å²) in [5.74, 6) is -1.23. The lowest BCUT2D eigenvalue weighted by Gasteiger charge is -2.24. The smallest absolute Gasteiger partial charge is 0.317 e. The minimum Gasteiger partial charge on any atom is -0.480 e. The van der Waals surface area contributed by atoms with Gasteiger partial charge in [-0.25, -0.2) is 0 Å². The summed E-state index contributed by atoms with van der Waals surface area (Å²) in [6.07, 6.45) is 0. The largest absolute Gasteiger partial charge is 0.480 e. The molecule has 5 nitrogen and oxygen atoms in total. The lowest BCUT2D eigenvalue weighted by molar-refractivity contribution is -0.139. The van der Waals surface area contributed by atoms with Crippen LogP contribution < -0.4 is 5.32 Å². The van der Waals surface area contributed by atoms with E-state index in [9.17, 15) is 9.59 Å². The fourth-order valence-corrected chi connectivity index (χ4v) is 4.08. The van der Waals surface area contributed by atoms with E-state index in [1.54, 1.807) is 4.90 Å². The number of carbonyl (C=O) groups excluding carboxylic acids is 1. The first-order valence-electron chi connectivity index (χ1n) is 6.11. The van der Waals surface area contributed by atoms with Crippen molar-refractivity contribution >= 4 is 65.4 Å². The van der Waals surface area contributed by atoms with Crippen LogP contribution in [0.4, 0.5) is 5.69 Å². The Balaban J connectivity index is 2.79. The average Bonchev–Trinajstić information content (AvgIpc) is 2.32. The van der Waals surface area contributed by atoms with Crippen molar-refractivity contribution in [2.24, 2.45) is 0 Å². The summed E-state index contributed by atoms with van der Waals surface area (Å²) in [6, 6.07) is 3.60. The quantitative estimate of drug-likeness (QED) is 0.643. The maximum absolute atomic E-state index is 12.1. The van der Waals surface area contributed by atoms with Crippen LogP contribution >= 0.6 is 47.8 Å². The first kappa shape index (κ1) is 18.6. The summed E-state index contributed by atoms with van der Waals surface area (Å²) in [5, 5.41) is 11.6. The third-order valence-corrected chi connectivity index (χ3v) is 4.40. The van der Waals surface area contributed by atoms with Crippen LogP contribution in [-0.4, -0.2) is 41.0 Å². The second kappa shape index (κ2) is 8.26. The number of carbonyl (C=O) groups is 2. The van der Waals surface area contributed by atoms with Gasteiger partial charge in [0.1, 0.15) is 0 Å². The first-order valence-corrected chi connectivity index (χ1v) is 8.48. The van der Waals surface area contributed by atoms with Gasteiger partial charge in [0.15, 0.2) is 0 Å². The minimum absolute atomic E-state index is 0.0128. The standard InChI is InChI=1S/C13H15Br3N2O3/c1-7(2)18(6-12(20)21)5-11(19)17-13-9(15)3-8(14)4-10(13)16/h3-4,7H,5-6H2,1-2H3,(H,17,19)(H,20,21). The van der Waals surface area contributed by atoms with Gasteiger partial charge >= 0.3 is 5.97 Å². The Morgan fingerprint density at radius 3 is 2.14 bits per heavy atom. The molecule has 1 amide bonds. The summed E-state index contributed by atoms with van der Waals surface area (Å²) in [4.78, 5) is 24.5. The molecule has 0 aromatic heterocycles. The molecule has 0 aliphatic carbocycles. The highest BCUT2D eigenvalue weighted by Gasteiger charge is 2.18. The number of carboxylic acids is 1. The fourth-order valence-electron chi connectivity index (χ4n) is 1.62. The number of amides is 1. The molecule has 1 aromatic carbocycles. The molecule has 0 aliphatic heterocycles. The van der Waals surface area contributed by atoms with Gasteiger partial charge in [-0.3, -0.25) is 14.5 Å². The first-order chi connectivity index (χ1) is 9.70. The molecule has 0 bridgehead atoms. The van der Waals surface area contributed by atoms with Crippen molar-refractivity contribution in [3.63, 3.8) is 0 Å². The molecule has 0 fully saturated rings. The molecule has 0 spiro atoms. The molecule has 1 rings (SSSR count). The molecular formula is C13H15Br3N2O3. The highest BCUT2D eigenvalue weighted by molar-refractivity contribution is 9.11. The van der Waals surface area contributed by atoms with Gasteiger partial charge in [-0.15, -0.1) is 0 Å². The van der Waals surface area contributed by atoms with Crippen LogP contribution in [0.5, 0.6) is 0 Å². The Hall–Kier alpha value is -0.440. The minimum atomic E-state index is -0.956. The van der Waals surface area contributed by atoms with E-state index in [4.69, 9.17) is 5.11 Å². The van der Waals surface area contributed by atoms with E-state index in [0.717, 1.165) is 13.4 Å². The van der Waals surface area contributed by atoms with E-state index >= 15 is 0 Å². The van der Waals surface area contributed by atoms with E-state index in [1.165, 1.54) is 0 Å². The van der Waals surface area contributed by atoms with Crippen molar-refractivity contribution in [1.82, 2.24) is 4.90 Å². The molecule has 8 heteroatoms. The van der Waals surface area contributed by atoms with Crippen molar-refractivity contribution in [1.29, 1.82) is 0 Å². The van der Waals surface area contributed by atoms with Crippen LogP contribution in [-0.2, 0) is 9.59 Å². The van der Waals surface area contributed by atoms with Crippen molar-refractivity contribution in [2.75, 3.05) is 18.4 Å². The number of hydrogen-bond acceptors (Lipinski definition) is 3. The SMILES string of the molecule is CC(C)N(CC(=O)O)CC(=O)Nc1c(Br)cc(Br)cc1Br. The number of halogens is 3. The van der Waals surface area contributed by atoms with Gasteiger partial charge in [0.05, 0.1) is 18.8 Å². The van der Waals surface area contributed by atoms with Gasteiger partial charge in [-0.2, -0.15) is 0 Å². The summed E-state index contributed by atoms with van der Waals surface area (Å²) in [5.41, 5.74) is 0.613. The van der Waals surface area contributed by atoms with Crippen molar-refractivity contribution in [3.8, 4) is 0 Å². The van der Waals surface area contributed by atoms with Crippen LogP contribution in [0.2, 0.25) is 0 Å². The lowest BCUT2D eigenvalue weighted by atomic mass is 10.3. The predicted octanol–water partition coefficient (Wildman–Crippen LogP) is 3.71. The zero-order valence-electron chi connectivity index (χ0n) is 11.5. The van der Waals surface area contributed by atoms with Gasteiger partial charge < -0.3 is 10.4 Å². The number of carboxylic acid groups (broad SMARTS) is 1. The Morgan fingerprint density at radius 2 is 1.71 bits per heavy atom. The Kier molecular flexibility index (Phi) is 7.32. The summed E-state index contributed by atoms with van der Waals surface area (Å²) < 4.78 is 2.33. The fraction of sp³-hybridized carbons (Fsp3) is 0.385. The van der Waals surface area contributed by atoms with E-state index < -0.39 is 5.97 Å². The molecule has 116 valence electrons. The van der Waals surface area contributed by atoms with Crippen molar-refractivity contribution in [2.45, 2.75) is 19.9 Å². The van der Waals surface area contributed by atoms with E-state index in [0.29, 0.717) is 5.69 Å². The molecule has 0 saturated carbocycles. The number of aliphatic carboxylic acids is 1. The molecule has 0 unspecified atom stereocenters. The Bertz CT molecular complexity index is 526. The Labute approximate surface area is 148 Å². The lowest BCUT2D eigenvalue weighted by Crippen LogP contribution is -2.41. The number of benzene rings is 1. The van der Waals surface area contributed by atoms with Gasteiger partial charge in [-0.1, -0.05) is 15.9 Å². The molecule has 0 saturated heterocycles. The van der Waals surface area contributed by atoms with E-state index in [2.05, 4.69) is 53.1 Å². The summed E-state index contributed by atoms with van der Waals surface area (Å²) in [7, 11) is 0. The topological polar surface area (TPSA) is 69.6 Å². The highest BCUT2D eigenvalue weighted by atomic mass is 79.9. The maximum atomic E-state index is 12.1. The van der Waals surface area contributed by atoms with Crippen molar-refractivity contribution in [3.05, 3.63) is 25.6 Å². The molecule has 21 heavy (non-hydrogen) atoms. The van der Waals surface area contributed by atoms with E-state index in [1.807, 2.05) is 26.0 Å². The average molecular weight is 487 g/mol. The zero-order valence-corrected chi connectivity index (χ0v) is 16.2. The summed E-state index contributed by atoms with van der Waals surface area (Å²) >= 11 is 10.1. The molecule has 0 aliphatic rings. The molecule has 0 radical (unpaired) electrons. The number of hydrogen-bond donors (Lipinski definition) is 2. The van der Waals surface area contributed by atoms with Gasteiger partial charge in [-0.05, 0) is 57.8 Å². The molecule has 2 N–H and O–H groups in total. The van der Waals surface area contributed by atoms with Crippen LogP contribution in [0.3, 0.4) is 0 Å². The highest BCUT2D eigenvalue weighted by Crippen LogP contribution is 2.34. The van der Waals surface area contributed by atoms with Crippen LogP contribution in [0, 0.1) is 0 Å². The second-order valence-corrected chi connectivity index (χ2v) is 7.31. The number of nitrogens with zero attached hydrogens (tertiary/aromatic N) is 1. The van der Waals surface area contributed by atoms with Crippen molar-refractivity contribution < 1.29 is 14.7 Å². The van der Waals surface area contributed by atoms with Gasteiger partial charge in [0.25, 0.3) is 0 Å².